The first-order chi connectivity index (χ1) is 8.79. The van der Waals surface area contributed by atoms with Gasteiger partial charge in [-0.05, 0) is 61.4 Å². The van der Waals surface area contributed by atoms with Crippen LogP contribution in [0.3, 0.4) is 0 Å². The summed E-state index contributed by atoms with van der Waals surface area (Å²) in [5, 5.41) is 13.6. The summed E-state index contributed by atoms with van der Waals surface area (Å²) < 4.78 is 0. The van der Waals surface area contributed by atoms with Gasteiger partial charge in [0, 0.05) is 11.5 Å². The summed E-state index contributed by atoms with van der Waals surface area (Å²) in [4.78, 5) is 0. The fourth-order valence-corrected chi connectivity index (χ4v) is 4.91. The van der Waals surface area contributed by atoms with Gasteiger partial charge >= 0.3 is 0 Å². The standard InChI is InChI=1S/C16H21NO/c18-12-5-4-11-9-15-13-3-1-2-6-16(13,7-8-17-15)14(11)10-12/h4-5,10,13,15,17-18H,1-3,6-9H2/t13-,15-,16+/m1/s1. The molecule has 0 amide bonds. The molecular formula is C16H21NO. The Hall–Kier alpha value is -1.02. The van der Waals surface area contributed by atoms with Crippen molar-refractivity contribution in [2.75, 3.05) is 6.54 Å². The largest absolute Gasteiger partial charge is 0.508 e. The zero-order valence-corrected chi connectivity index (χ0v) is 10.8. The van der Waals surface area contributed by atoms with E-state index in [0.717, 1.165) is 18.9 Å². The Morgan fingerprint density at radius 2 is 2.17 bits per heavy atom. The van der Waals surface area contributed by atoms with E-state index >= 15 is 0 Å². The highest BCUT2D eigenvalue weighted by molar-refractivity contribution is 5.45. The van der Waals surface area contributed by atoms with Crippen molar-refractivity contribution < 1.29 is 5.11 Å². The third-order valence-corrected chi connectivity index (χ3v) is 5.63. The summed E-state index contributed by atoms with van der Waals surface area (Å²) >= 11 is 0. The third kappa shape index (κ3) is 1.33. The third-order valence-electron chi connectivity index (χ3n) is 5.63. The van der Waals surface area contributed by atoms with Crippen LogP contribution in [0.15, 0.2) is 18.2 Å². The molecule has 4 rings (SSSR count). The highest BCUT2D eigenvalue weighted by Crippen LogP contribution is 2.54. The minimum Gasteiger partial charge on any atom is -0.508 e. The van der Waals surface area contributed by atoms with E-state index in [2.05, 4.69) is 17.4 Å². The molecule has 2 heteroatoms. The van der Waals surface area contributed by atoms with E-state index in [4.69, 9.17) is 0 Å². The lowest BCUT2D eigenvalue weighted by atomic mass is 9.53. The Balaban J connectivity index is 1.91. The predicted octanol–water partition coefficient (Wildman–Crippen LogP) is 2.74. The summed E-state index contributed by atoms with van der Waals surface area (Å²) in [6.45, 7) is 1.15. The van der Waals surface area contributed by atoms with E-state index in [1.54, 1.807) is 0 Å². The molecule has 2 N–H and O–H groups in total. The van der Waals surface area contributed by atoms with Crippen LogP contribution in [-0.2, 0) is 11.8 Å². The minimum atomic E-state index is 0.375. The summed E-state index contributed by atoms with van der Waals surface area (Å²) in [5.41, 5.74) is 3.33. The van der Waals surface area contributed by atoms with Crippen LogP contribution in [0.4, 0.5) is 0 Å². The molecule has 1 aromatic rings. The second-order valence-electron chi connectivity index (χ2n) is 6.36. The highest BCUT2D eigenvalue weighted by Gasteiger charge is 2.51. The van der Waals surface area contributed by atoms with Crippen LogP contribution in [-0.4, -0.2) is 17.7 Å². The van der Waals surface area contributed by atoms with Gasteiger partial charge in [0.2, 0.25) is 0 Å². The fraction of sp³-hybridized carbons (Fsp3) is 0.625. The van der Waals surface area contributed by atoms with Crippen molar-refractivity contribution in [1.82, 2.24) is 5.32 Å². The van der Waals surface area contributed by atoms with Gasteiger partial charge in [0.25, 0.3) is 0 Å². The van der Waals surface area contributed by atoms with Crippen molar-refractivity contribution in [3.8, 4) is 5.75 Å². The van der Waals surface area contributed by atoms with Crippen LogP contribution in [0, 0.1) is 5.92 Å². The van der Waals surface area contributed by atoms with Gasteiger partial charge in [0.15, 0.2) is 0 Å². The molecule has 18 heavy (non-hydrogen) atoms. The molecule has 96 valence electrons. The van der Waals surface area contributed by atoms with E-state index in [-0.39, 0.29) is 0 Å². The van der Waals surface area contributed by atoms with E-state index < -0.39 is 0 Å². The van der Waals surface area contributed by atoms with Gasteiger partial charge in [0.05, 0.1) is 0 Å². The molecule has 3 aliphatic rings. The molecule has 1 aliphatic heterocycles. The molecule has 0 unspecified atom stereocenters. The van der Waals surface area contributed by atoms with Gasteiger partial charge in [-0.25, -0.2) is 0 Å². The molecule has 0 spiro atoms. The van der Waals surface area contributed by atoms with Gasteiger partial charge < -0.3 is 10.4 Å². The lowest BCUT2D eigenvalue weighted by Crippen LogP contribution is -2.59. The first kappa shape index (κ1) is 10.9. The SMILES string of the molecule is Oc1ccc2c(c1)[C@]13CCCC[C@@H]1[C@@H](C2)NCC3. The number of fused-ring (bicyclic) bond motifs is 1. The zero-order valence-electron chi connectivity index (χ0n) is 10.8. The first-order valence-corrected chi connectivity index (χ1v) is 7.35. The number of phenols is 1. The van der Waals surface area contributed by atoms with Gasteiger partial charge in [-0.1, -0.05) is 18.9 Å². The van der Waals surface area contributed by atoms with Crippen LogP contribution in [0.1, 0.15) is 43.2 Å². The Labute approximate surface area is 108 Å². The first-order valence-electron chi connectivity index (χ1n) is 7.35. The molecule has 1 aromatic carbocycles. The molecule has 1 heterocycles. The maximum Gasteiger partial charge on any atom is 0.115 e. The average molecular weight is 243 g/mol. The Bertz CT molecular complexity index is 480. The van der Waals surface area contributed by atoms with E-state index in [9.17, 15) is 5.11 Å². The van der Waals surface area contributed by atoms with Crippen molar-refractivity contribution in [3.05, 3.63) is 29.3 Å². The van der Waals surface area contributed by atoms with E-state index in [1.165, 1.54) is 43.2 Å². The molecule has 2 bridgehead atoms. The summed E-state index contributed by atoms with van der Waals surface area (Å²) in [5.74, 6) is 1.25. The molecule has 1 saturated carbocycles. The van der Waals surface area contributed by atoms with Gasteiger partial charge in [0.1, 0.15) is 5.75 Å². The molecule has 1 saturated heterocycles. The van der Waals surface area contributed by atoms with Crippen LogP contribution < -0.4 is 5.32 Å². The van der Waals surface area contributed by atoms with Crippen molar-refractivity contribution in [3.63, 3.8) is 0 Å². The zero-order chi connectivity index (χ0) is 12.2. The smallest absolute Gasteiger partial charge is 0.115 e. The van der Waals surface area contributed by atoms with Crippen LogP contribution in [0.25, 0.3) is 0 Å². The predicted molar refractivity (Wildman–Crippen MR) is 71.9 cm³/mol. The summed E-state index contributed by atoms with van der Waals surface area (Å²) in [6, 6.07) is 6.75. The normalized spacial score (nSPS) is 37.8. The highest BCUT2D eigenvalue weighted by atomic mass is 16.3. The van der Waals surface area contributed by atoms with Crippen molar-refractivity contribution in [2.45, 2.75) is 50.0 Å². The maximum absolute atomic E-state index is 9.86. The number of hydrogen-bond acceptors (Lipinski definition) is 2. The van der Waals surface area contributed by atoms with Gasteiger partial charge in [-0.2, -0.15) is 0 Å². The monoisotopic (exact) mass is 243 g/mol. The van der Waals surface area contributed by atoms with Crippen molar-refractivity contribution >= 4 is 0 Å². The van der Waals surface area contributed by atoms with Gasteiger partial charge in [-0.15, -0.1) is 0 Å². The average Bonchev–Trinajstić information content (AvgIpc) is 2.40. The number of rotatable bonds is 0. The number of aromatic hydroxyl groups is 1. The molecule has 0 radical (unpaired) electrons. The Morgan fingerprint density at radius 1 is 1.22 bits per heavy atom. The quantitative estimate of drug-likeness (QED) is 0.734. The Morgan fingerprint density at radius 3 is 3.11 bits per heavy atom. The molecular weight excluding hydrogens is 222 g/mol. The van der Waals surface area contributed by atoms with Crippen molar-refractivity contribution in [1.29, 1.82) is 0 Å². The molecule has 0 aromatic heterocycles. The fourth-order valence-electron chi connectivity index (χ4n) is 4.91. The lowest BCUT2D eigenvalue weighted by molar-refractivity contribution is 0.0795. The second-order valence-corrected chi connectivity index (χ2v) is 6.36. The molecule has 2 aliphatic carbocycles. The van der Waals surface area contributed by atoms with Gasteiger partial charge in [-0.3, -0.25) is 0 Å². The van der Waals surface area contributed by atoms with E-state index in [1.807, 2.05) is 6.07 Å². The molecule has 2 fully saturated rings. The summed E-state index contributed by atoms with van der Waals surface area (Å²) in [7, 11) is 0. The summed E-state index contributed by atoms with van der Waals surface area (Å²) in [6.07, 6.45) is 7.85. The number of hydrogen-bond donors (Lipinski definition) is 2. The maximum atomic E-state index is 9.86. The van der Waals surface area contributed by atoms with Crippen LogP contribution in [0.2, 0.25) is 0 Å². The molecule has 3 atom stereocenters. The van der Waals surface area contributed by atoms with Crippen LogP contribution in [0.5, 0.6) is 5.75 Å². The molecule has 2 nitrogen and oxygen atoms in total. The number of nitrogens with one attached hydrogen (secondary N) is 1. The number of benzene rings is 1. The minimum absolute atomic E-state index is 0.375. The van der Waals surface area contributed by atoms with Crippen molar-refractivity contribution in [2.24, 2.45) is 5.92 Å². The second kappa shape index (κ2) is 3.74. The number of piperidine rings is 1. The number of phenolic OH excluding ortho intramolecular Hbond substituents is 1. The van der Waals surface area contributed by atoms with Crippen LogP contribution >= 0.6 is 0 Å². The Kier molecular flexibility index (Phi) is 2.25. The topological polar surface area (TPSA) is 32.3 Å². The lowest BCUT2D eigenvalue weighted by Gasteiger charge is -2.56. The van der Waals surface area contributed by atoms with E-state index in [0.29, 0.717) is 17.2 Å².